The van der Waals surface area contributed by atoms with Gasteiger partial charge in [0.2, 0.25) is 15.9 Å². The molecule has 1 saturated heterocycles. The number of hydrogen-bond acceptors (Lipinski definition) is 6. The molecule has 0 spiro atoms. The quantitative estimate of drug-likeness (QED) is 0.422. The molecule has 5 rings (SSSR count). The molecule has 1 fully saturated rings. The summed E-state index contributed by atoms with van der Waals surface area (Å²) in [5.41, 5.74) is 1.72. The summed E-state index contributed by atoms with van der Waals surface area (Å²) in [5.74, 6) is 0.0316. The molecular weight excluding hydrogens is 566 g/mol. The Morgan fingerprint density at radius 3 is 2.44 bits per heavy atom. The predicted molar refractivity (Wildman–Crippen MR) is 156 cm³/mol. The van der Waals surface area contributed by atoms with Crippen LogP contribution in [0.5, 0.6) is 11.5 Å². The third-order valence-corrected chi connectivity index (χ3v) is 9.64. The summed E-state index contributed by atoms with van der Waals surface area (Å²) in [6.07, 6.45) is 0.540. The van der Waals surface area contributed by atoms with Crippen LogP contribution >= 0.6 is 11.6 Å². The summed E-state index contributed by atoms with van der Waals surface area (Å²) in [7, 11) is -2.32. The van der Waals surface area contributed by atoms with Gasteiger partial charge in [0.15, 0.2) is 6.10 Å². The van der Waals surface area contributed by atoms with E-state index in [4.69, 9.17) is 21.1 Å². The molecule has 41 heavy (non-hydrogen) atoms. The Bertz CT molecular complexity index is 1510. The van der Waals surface area contributed by atoms with Crippen molar-refractivity contribution in [1.29, 1.82) is 0 Å². The molecule has 0 radical (unpaired) electrons. The Kier molecular flexibility index (Phi) is 8.82. The fourth-order valence-corrected chi connectivity index (χ4v) is 7.01. The number of sulfonamides is 1. The summed E-state index contributed by atoms with van der Waals surface area (Å²) < 4.78 is 39.0. The van der Waals surface area contributed by atoms with Gasteiger partial charge in [0.05, 0.1) is 29.3 Å². The Labute approximate surface area is 245 Å². The van der Waals surface area contributed by atoms with Crippen LogP contribution in [0.2, 0.25) is 5.02 Å². The second kappa shape index (κ2) is 12.5. The second-order valence-electron chi connectivity index (χ2n) is 10.0. The zero-order chi connectivity index (χ0) is 29.0. The number of benzene rings is 3. The molecule has 3 aromatic rings. The van der Waals surface area contributed by atoms with Crippen LogP contribution in [0, 0.1) is 5.92 Å². The molecule has 216 valence electrons. The first-order valence-corrected chi connectivity index (χ1v) is 15.3. The fraction of sp³-hybridized carbons (Fsp3) is 0.333. The molecule has 0 saturated carbocycles. The minimum atomic E-state index is -3.79. The van der Waals surface area contributed by atoms with Crippen molar-refractivity contribution in [2.45, 2.75) is 30.3 Å². The maximum Gasteiger partial charge on any atom is 0.262 e. The summed E-state index contributed by atoms with van der Waals surface area (Å²) in [5, 5.41) is 3.14. The fourth-order valence-electron chi connectivity index (χ4n) is 5.19. The van der Waals surface area contributed by atoms with Gasteiger partial charge < -0.3 is 19.7 Å². The Hall–Kier alpha value is -3.60. The molecule has 3 aromatic carbocycles. The predicted octanol–water partition coefficient (Wildman–Crippen LogP) is 3.90. The smallest absolute Gasteiger partial charge is 0.262 e. The van der Waals surface area contributed by atoms with E-state index in [1.807, 2.05) is 36.4 Å². The van der Waals surface area contributed by atoms with Crippen LogP contribution < -0.4 is 19.7 Å². The normalized spacial score (nSPS) is 17.8. The molecule has 1 N–H and O–H groups in total. The van der Waals surface area contributed by atoms with Gasteiger partial charge in [-0.3, -0.25) is 9.59 Å². The van der Waals surface area contributed by atoms with Crippen molar-refractivity contribution >= 4 is 39.1 Å². The number of hydrogen-bond donors (Lipinski definition) is 1. The van der Waals surface area contributed by atoms with Crippen LogP contribution in [0.3, 0.4) is 0 Å². The number of nitrogens with zero attached hydrogens (tertiary/aromatic N) is 2. The van der Waals surface area contributed by atoms with Crippen molar-refractivity contribution < 1.29 is 27.5 Å². The molecule has 0 aliphatic carbocycles. The third kappa shape index (κ3) is 6.34. The maximum absolute atomic E-state index is 13.8. The van der Waals surface area contributed by atoms with Gasteiger partial charge in [-0.1, -0.05) is 54.1 Å². The van der Waals surface area contributed by atoms with E-state index in [9.17, 15) is 18.0 Å². The van der Waals surface area contributed by atoms with Gasteiger partial charge in [-0.05, 0) is 55.2 Å². The zero-order valence-corrected chi connectivity index (χ0v) is 24.2. The van der Waals surface area contributed by atoms with Crippen LogP contribution in [-0.2, 0) is 26.0 Å². The van der Waals surface area contributed by atoms with Crippen LogP contribution in [0.4, 0.5) is 5.69 Å². The minimum absolute atomic E-state index is 0.0792. The molecular formula is C30H32ClN3O6S. The van der Waals surface area contributed by atoms with E-state index in [-0.39, 0.29) is 41.4 Å². The molecule has 0 bridgehead atoms. The van der Waals surface area contributed by atoms with Crippen LogP contribution in [0.15, 0.2) is 77.7 Å². The maximum atomic E-state index is 13.8. The second-order valence-corrected chi connectivity index (χ2v) is 12.4. The monoisotopic (exact) mass is 597 g/mol. The van der Waals surface area contributed by atoms with E-state index >= 15 is 0 Å². The van der Waals surface area contributed by atoms with Crippen LogP contribution in [-0.4, -0.2) is 63.9 Å². The number of carbonyl (C=O) groups excluding carboxylic acids is 2. The minimum Gasteiger partial charge on any atom is -0.495 e. The van der Waals surface area contributed by atoms with Crippen molar-refractivity contribution in [3.05, 3.63) is 83.4 Å². The lowest BCUT2D eigenvalue weighted by atomic mass is 9.95. The Morgan fingerprint density at radius 1 is 1.02 bits per heavy atom. The topological polar surface area (TPSA) is 105 Å². The Morgan fingerprint density at radius 2 is 1.73 bits per heavy atom. The van der Waals surface area contributed by atoms with Gasteiger partial charge in [-0.2, -0.15) is 4.31 Å². The number of nitrogens with one attached hydrogen (secondary N) is 1. The number of anilines is 1. The van der Waals surface area contributed by atoms with Crippen molar-refractivity contribution in [1.82, 2.24) is 9.62 Å². The molecule has 2 aliphatic rings. The number of para-hydroxylation sites is 2. The van der Waals surface area contributed by atoms with E-state index in [2.05, 4.69) is 5.32 Å². The third-order valence-electron chi connectivity index (χ3n) is 7.45. The number of rotatable bonds is 8. The average Bonchev–Trinajstić information content (AvgIpc) is 3.00. The number of fused-ring (bicyclic) bond motifs is 1. The molecule has 9 nitrogen and oxygen atoms in total. The summed E-state index contributed by atoms with van der Waals surface area (Å²) in [4.78, 5) is 28.5. The molecule has 2 heterocycles. The van der Waals surface area contributed by atoms with Gasteiger partial charge in [0, 0.05) is 25.6 Å². The molecule has 0 unspecified atom stereocenters. The standard InChI is InChI=1S/C30H32ClN3O6S/c1-39-26-12-11-23(19-24(26)31)41(37,38)33-17-14-22(15-18-33)30(36)34-20-28(40-27-10-6-5-9-25(27)34)29(35)32-16-13-21-7-3-2-4-8-21/h2-12,19,22,28H,13-18,20H2,1H3,(H,32,35)/t28-/m0/s1. The number of halogens is 1. The average molecular weight is 598 g/mol. The van der Waals surface area contributed by atoms with Gasteiger partial charge in [-0.15, -0.1) is 0 Å². The van der Waals surface area contributed by atoms with Gasteiger partial charge in [0.25, 0.3) is 5.91 Å². The van der Waals surface area contributed by atoms with Gasteiger partial charge in [-0.25, -0.2) is 8.42 Å². The molecule has 0 aromatic heterocycles. The van der Waals surface area contributed by atoms with E-state index in [0.717, 1.165) is 5.56 Å². The van der Waals surface area contributed by atoms with Crippen LogP contribution in [0.1, 0.15) is 18.4 Å². The molecule has 1 atom stereocenters. The summed E-state index contributed by atoms with van der Waals surface area (Å²) in [6, 6.07) is 21.4. The van der Waals surface area contributed by atoms with E-state index in [0.29, 0.717) is 43.0 Å². The van der Waals surface area contributed by atoms with E-state index in [1.54, 1.807) is 23.1 Å². The first-order valence-electron chi connectivity index (χ1n) is 13.5. The highest BCUT2D eigenvalue weighted by molar-refractivity contribution is 7.89. The Balaban J connectivity index is 1.23. The molecule has 2 amide bonds. The van der Waals surface area contributed by atoms with Crippen molar-refractivity contribution in [3.63, 3.8) is 0 Å². The van der Waals surface area contributed by atoms with Crippen LogP contribution in [0.25, 0.3) is 0 Å². The number of amides is 2. The van der Waals surface area contributed by atoms with Crippen molar-refractivity contribution in [2.24, 2.45) is 5.92 Å². The van der Waals surface area contributed by atoms with Crippen molar-refractivity contribution in [2.75, 3.05) is 38.2 Å². The number of piperidine rings is 1. The zero-order valence-electron chi connectivity index (χ0n) is 22.7. The van der Waals surface area contributed by atoms with Gasteiger partial charge >= 0.3 is 0 Å². The highest BCUT2D eigenvalue weighted by Crippen LogP contribution is 2.36. The van der Waals surface area contributed by atoms with Crippen molar-refractivity contribution in [3.8, 4) is 11.5 Å². The largest absolute Gasteiger partial charge is 0.495 e. The number of methoxy groups -OCH3 is 1. The molecule has 11 heteroatoms. The first kappa shape index (κ1) is 28.9. The lowest BCUT2D eigenvalue weighted by Gasteiger charge is -2.38. The number of carbonyl (C=O) groups is 2. The lowest BCUT2D eigenvalue weighted by molar-refractivity contribution is -0.129. The summed E-state index contributed by atoms with van der Waals surface area (Å²) >= 11 is 6.16. The molecule has 2 aliphatic heterocycles. The summed E-state index contributed by atoms with van der Waals surface area (Å²) in [6.45, 7) is 0.913. The number of ether oxygens (including phenoxy) is 2. The first-order chi connectivity index (χ1) is 19.8. The highest BCUT2D eigenvalue weighted by atomic mass is 35.5. The highest BCUT2D eigenvalue weighted by Gasteiger charge is 2.39. The SMILES string of the molecule is COc1ccc(S(=O)(=O)N2CCC(C(=O)N3C[C@@H](C(=O)NCCc4ccccc4)Oc4ccccc43)CC2)cc1Cl. The van der Waals surface area contributed by atoms with E-state index < -0.39 is 22.0 Å². The van der Waals surface area contributed by atoms with E-state index in [1.165, 1.54) is 29.6 Å². The lowest BCUT2D eigenvalue weighted by Crippen LogP contribution is -2.53. The van der Waals surface area contributed by atoms with Gasteiger partial charge in [0.1, 0.15) is 11.5 Å².